The van der Waals surface area contributed by atoms with Gasteiger partial charge in [-0.3, -0.25) is 5.43 Å². The van der Waals surface area contributed by atoms with E-state index in [0.717, 1.165) is 5.17 Å². The van der Waals surface area contributed by atoms with Gasteiger partial charge in [0.15, 0.2) is 5.17 Å². The van der Waals surface area contributed by atoms with E-state index in [-0.39, 0.29) is 6.17 Å². The molecule has 0 spiro atoms. The smallest absolute Gasteiger partial charge is 0.172 e. The Morgan fingerprint density at radius 3 is 2.44 bits per heavy atom. The zero-order valence-corrected chi connectivity index (χ0v) is 10.5. The fourth-order valence-corrected chi connectivity index (χ4v) is 1.90. The second kappa shape index (κ2) is 4.76. The average Bonchev–Trinajstić information content (AvgIpc) is 2.77. The molecule has 0 amide bonds. The average molecular weight is 236 g/mol. The van der Waals surface area contributed by atoms with E-state index in [2.05, 4.69) is 45.0 Å². The molecule has 1 atom stereocenters. The Hall–Kier alpha value is -1.20. The lowest BCUT2D eigenvalue weighted by Crippen LogP contribution is -2.29. The van der Waals surface area contributed by atoms with Crippen molar-refractivity contribution in [3.63, 3.8) is 0 Å². The zero-order valence-electron chi connectivity index (χ0n) is 9.69. The lowest BCUT2D eigenvalue weighted by molar-refractivity contribution is 0.575. The second-order valence-electron chi connectivity index (χ2n) is 3.80. The van der Waals surface area contributed by atoms with Crippen LogP contribution in [0.4, 0.5) is 5.69 Å². The number of nitrogens with zero attached hydrogens (tertiary/aromatic N) is 2. The van der Waals surface area contributed by atoms with Gasteiger partial charge in [-0.2, -0.15) is 0 Å². The van der Waals surface area contributed by atoms with Crippen molar-refractivity contribution in [2.45, 2.75) is 6.17 Å². The molecule has 86 valence electrons. The van der Waals surface area contributed by atoms with E-state index in [4.69, 9.17) is 0 Å². The van der Waals surface area contributed by atoms with Gasteiger partial charge in [-0.05, 0) is 24.0 Å². The largest absolute Gasteiger partial charge is 0.378 e. The van der Waals surface area contributed by atoms with Gasteiger partial charge < -0.3 is 4.90 Å². The van der Waals surface area contributed by atoms with Crippen LogP contribution in [-0.4, -0.2) is 25.5 Å². The van der Waals surface area contributed by atoms with Crippen molar-refractivity contribution < 1.29 is 0 Å². The molecule has 0 saturated carbocycles. The van der Waals surface area contributed by atoms with Crippen LogP contribution in [0.5, 0.6) is 0 Å². The number of rotatable bonds is 2. The lowest BCUT2D eigenvalue weighted by atomic mass is 10.1. The highest BCUT2D eigenvalue weighted by atomic mass is 32.2. The molecule has 0 aliphatic carbocycles. The number of hydrogen-bond acceptors (Lipinski definition) is 5. The van der Waals surface area contributed by atoms with Crippen LogP contribution in [0.25, 0.3) is 0 Å². The topological polar surface area (TPSA) is 39.7 Å². The Kier molecular flexibility index (Phi) is 3.36. The number of hydrogen-bond donors (Lipinski definition) is 2. The van der Waals surface area contributed by atoms with Crippen LogP contribution in [0.3, 0.4) is 0 Å². The highest BCUT2D eigenvalue weighted by Gasteiger charge is 2.16. The van der Waals surface area contributed by atoms with Gasteiger partial charge in [0.1, 0.15) is 6.17 Å². The van der Waals surface area contributed by atoms with Gasteiger partial charge in [-0.1, -0.05) is 23.9 Å². The number of hydrazine groups is 1. The Morgan fingerprint density at radius 2 is 1.94 bits per heavy atom. The van der Waals surface area contributed by atoms with Gasteiger partial charge in [0, 0.05) is 19.8 Å². The van der Waals surface area contributed by atoms with Crippen molar-refractivity contribution in [3.05, 3.63) is 29.8 Å². The lowest BCUT2D eigenvalue weighted by Gasteiger charge is -2.14. The number of aliphatic imine (C=N–C) groups is 1. The van der Waals surface area contributed by atoms with Crippen molar-refractivity contribution in [1.29, 1.82) is 0 Å². The van der Waals surface area contributed by atoms with Crippen molar-refractivity contribution in [3.8, 4) is 0 Å². The monoisotopic (exact) mass is 236 g/mol. The maximum absolute atomic E-state index is 4.50. The molecule has 0 bridgehead atoms. The third-order valence-electron chi connectivity index (χ3n) is 2.48. The summed E-state index contributed by atoms with van der Waals surface area (Å²) in [5.74, 6) is 0. The molecule has 1 aromatic carbocycles. The molecule has 4 nitrogen and oxygen atoms in total. The van der Waals surface area contributed by atoms with Crippen LogP contribution >= 0.6 is 11.8 Å². The van der Waals surface area contributed by atoms with Crippen molar-refractivity contribution in [1.82, 2.24) is 10.9 Å². The third-order valence-corrected chi connectivity index (χ3v) is 3.07. The molecule has 1 heterocycles. The van der Waals surface area contributed by atoms with Gasteiger partial charge in [0.25, 0.3) is 0 Å². The van der Waals surface area contributed by atoms with E-state index in [0.29, 0.717) is 0 Å². The summed E-state index contributed by atoms with van der Waals surface area (Å²) in [6, 6.07) is 8.40. The van der Waals surface area contributed by atoms with Gasteiger partial charge in [0.05, 0.1) is 0 Å². The number of thioether (sulfide) groups is 1. The molecule has 5 heteroatoms. The Labute approximate surface area is 100 Å². The molecule has 0 saturated heterocycles. The summed E-state index contributed by atoms with van der Waals surface area (Å²) in [4.78, 5) is 6.58. The standard InChI is InChI=1S/C11H16N4S/c1-15(2)9-6-4-8(5-7-9)10-12-11(16-3)14-13-10/h4-7,10,13H,1-3H3,(H,12,14)/t10-/m1/s1. The first-order chi connectivity index (χ1) is 7.70. The minimum atomic E-state index is 0.0265. The van der Waals surface area contributed by atoms with Crippen molar-refractivity contribution in [2.24, 2.45) is 4.99 Å². The Bertz CT molecular complexity index is 385. The highest BCUT2D eigenvalue weighted by Crippen LogP contribution is 2.21. The SMILES string of the molecule is CSC1=N[C@@H](c2ccc(N(C)C)cc2)NN1. The van der Waals surface area contributed by atoms with Crippen LogP contribution in [0.2, 0.25) is 0 Å². The Morgan fingerprint density at radius 1 is 1.25 bits per heavy atom. The number of anilines is 1. The molecule has 0 radical (unpaired) electrons. The Balaban J connectivity index is 2.14. The summed E-state index contributed by atoms with van der Waals surface area (Å²) >= 11 is 1.61. The number of amidine groups is 1. The summed E-state index contributed by atoms with van der Waals surface area (Å²) in [5.41, 5.74) is 8.55. The summed E-state index contributed by atoms with van der Waals surface area (Å²) in [6.07, 6.45) is 2.03. The second-order valence-corrected chi connectivity index (χ2v) is 4.59. The first-order valence-corrected chi connectivity index (χ1v) is 6.34. The fraction of sp³-hybridized carbons (Fsp3) is 0.364. The molecular weight excluding hydrogens is 220 g/mol. The molecule has 1 aliphatic rings. The summed E-state index contributed by atoms with van der Waals surface area (Å²) in [6.45, 7) is 0. The zero-order chi connectivity index (χ0) is 11.5. The minimum Gasteiger partial charge on any atom is -0.378 e. The molecule has 2 N–H and O–H groups in total. The van der Waals surface area contributed by atoms with Crippen molar-refractivity contribution in [2.75, 3.05) is 25.3 Å². The molecular formula is C11H16N4S. The van der Waals surface area contributed by atoms with Crippen LogP contribution < -0.4 is 15.8 Å². The minimum absolute atomic E-state index is 0.0265. The van der Waals surface area contributed by atoms with E-state index >= 15 is 0 Å². The molecule has 1 aliphatic heterocycles. The molecule has 2 rings (SSSR count). The molecule has 16 heavy (non-hydrogen) atoms. The van der Waals surface area contributed by atoms with E-state index in [1.54, 1.807) is 11.8 Å². The highest BCUT2D eigenvalue weighted by molar-refractivity contribution is 8.13. The maximum Gasteiger partial charge on any atom is 0.172 e. The summed E-state index contributed by atoms with van der Waals surface area (Å²) in [7, 11) is 4.07. The van der Waals surface area contributed by atoms with E-state index in [9.17, 15) is 0 Å². The van der Waals surface area contributed by atoms with E-state index < -0.39 is 0 Å². The van der Waals surface area contributed by atoms with Gasteiger partial charge in [-0.25, -0.2) is 10.4 Å². The van der Waals surface area contributed by atoms with Gasteiger partial charge in [-0.15, -0.1) is 0 Å². The predicted molar refractivity (Wildman–Crippen MR) is 70.7 cm³/mol. The van der Waals surface area contributed by atoms with Crippen LogP contribution in [0.15, 0.2) is 29.3 Å². The van der Waals surface area contributed by atoms with E-state index in [1.807, 2.05) is 20.4 Å². The number of benzene rings is 1. The van der Waals surface area contributed by atoms with Gasteiger partial charge >= 0.3 is 0 Å². The third kappa shape index (κ3) is 2.31. The van der Waals surface area contributed by atoms with Crippen LogP contribution in [-0.2, 0) is 0 Å². The molecule has 0 fully saturated rings. The predicted octanol–water partition coefficient (Wildman–Crippen LogP) is 1.58. The summed E-state index contributed by atoms with van der Waals surface area (Å²) in [5, 5.41) is 0.932. The summed E-state index contributed by atoms with van der Waals surface area (Å²) < 4.78 is 0. The van der Waals surface area contributed by atoms with Crippen molar-refractivity contribution >= 4 is 22.6 Å². The first-order valence-electron chi connectivity index (χ1n) is 5.11. The molecule has 1 aromatic rings. The van der Waals surface area contributed by atoms with E-state index in [1.165, 1.54) is 11.3 Å². The quantitative estimate of drug-likeness (QED) is 0.818. The molecule has 0 unspecified atom stereocenters. The molecule has 0 aromatic heterocycles. The number of nitrogens with one attached hydrogen (secondary N) is 2. The first kappa shape index (κ1) is 11.3. The fourth-order valence-electron chi connectivity index (χ4n) is 1.53. The van der Waals surface area contributed by atoms with Gasteiger partial charge in [0.2, 0.25) is 0 Å². The maximum atomic E-state index is 4.50. The van der Waals surface area contributed by atoms with Crippen LogP contribution in [0, 0.1) is 0 Å². The van der Waals surface area contributed by atoms with Crippen LogP contribution in [0.1, 0.15) is 11.7 Å². The normalized spacial score (nSPS) is 19.2.